The molecular weight excluding hydrogens is 351 g/mol. The Hall–Kier alpha value is 0.160. The molecule has 4 heterocycles. The first-order chi connectivity index (χ1) is 10.4. The minimum atomic E-state index is 0. The number of halogens is 2. The molecule has 1 unspecified atom stereocenters. The Morgan fingerprint density at radius 1 is 1.30 bits per heavy atom. The maximum atomic E-state index is 6.30. The maximum absolute atomic E-state index is 6.30. The van der Waals surface area contributed by atoms with E-state index in [2.05, 4.69) is 21.7 Å². The summed E-state index contributed by atoms with van der Waals surface area (Å²) < 4.78 is 6.30. The van der Waals surface area contributed by atoms with Crippen LogP contribution in [-0.4, -0.2) is 44.2 Å². The molecule has 3 aliphatic rings. The van der Waals surface area contributed by atoms with Gasteiger partial charge in [0.25, 0.3) is 0 Å². The van der Waals surface area contributed by atoms with E-state index in [1.165, 1.54) is 64.0 Å². The van der Waals surface area contributed by atoms with Crippen molar-refractivity contribution < 1.29 is 4.74 Å². The molecule has 0 radical (unpaired) electrons. The third kappa shape index (κ3) is 4.05. The summed E-state index contributed by atoms with van der Waals surface area (Å²) in [5, 5.41) is 5.79. The molecule has 1 aromatic rings. The summed E-state index contributed by atoms with van der Waals surface area (Å²) in [5.41, 5.74) is 1.56. The number of hydrogen-bond acceptors (Lipinski definition) is 4. The Morgan fingerprint density at radius 2 is 2.13 bits per heavy atom. The molecule has 3 nitrogen and oxygen atoms in total. The van der Waals surface area contributed by atoms with Crippen molar-refractivity contribution in [2.24, 2.45) is 5.92 Å². The van der Waals surface area contributed by atoms with Crippen LogP contribution in [0.4, 0.5) is 0 Å². The number of likely N-dealkylation sites (tertiary alicyclic amines) is 1. The predicted octanol–water partition coefficient (Wildman–Crippen LogP) is 3.46. The quantitative estimate of drug-likeness (QED) is 0.852. The Morgan fingerprint density at radius 3 is 2.87 bits per heavy atom. The SMILES string of the molecule is Cl.Cl.c1cc2c(s1)CCOC21CCN(CC2CCCNC2)CC1. The fourth-order valence-electron chi connectivity index (χ4n) is 4.31. The summed E-state index contributed by atoms with van der Waals surface area (Å²) in [6.45, 7) is 7.03. The lowest BCUT2D eigenvalue weighted by Gasteiger charge is -2.45. The van der Waals surface area contributed by atoms with Crippen molar-refractivity contribution in [3.05, 3.63) is 21.9 Å². The average Bonchev–Trinajstić information content (AvgIpc) is 3.01. The maximum Gasteiger partial charge on any atom is 0.0966 e. The molecule has 2 fully saturated rings. The van der Waals surface area contributed by atoms with E-state index >= 15 is 0 Å². The van der Waals surface area contributed by atoms with Gasteiger partial charge in [0, 0.05) is 30.9 Å². The van der Waals surface area contributed by atoms with Crippen LogP contribution in [0.2, 0.25) is 0 Å². The van der Waals surface area contributed by atoms with Gasteiger partial charge in [-0.3, -0.25) is 0 Å². The molecule has 0 bridgehead atoms. The van der Waals surface area contributed by atoms with Crippen LogP contribution in [0.15, 0.2) is 11.4 Å². The van der Waals surface area contributed by atoms with Gasteiger partial charge in [0.2, 0.25) is 0 Å². The van der Waals surface area contributed by atoms with Gasteiger partial charge < -0.3 is 15.0 Å². The summed E-state index contributed by atoms with van der Waals surface area (Å²) in [6, 6.07) is 2.32. The van der Waals surface area contributed by atoms with Crippen molar-refractivity contribution in [3.8, 4) is 0 Å². The summed E-state index contributed by atoms with van der Waals surface area (Å²) in [7, 11) is 0. The first-order valence-electron chi connectivity index (χ1n) is 8.50. The van der Waals surface area contributed by atoms with Crippen molar-refractivity contribution in [1.29, 1.82) is 0 Å². The predicted molar refractivity (Wildman–Crippen MR) is 101 cm³/mol. The van der Waals surface area contributed by atoms with Crippen LogP contribution in [0.25, 0.3) is 0 Å². The number of nitrogens with one attached hydrogen (secondary N) is 1. The number of nitrogens with zero attached hydrogens (tertiary/aromatic N) is 1. The molecule has 0 saturated carbocycles. The van der Waals surface area contributed by atoms with Crippen LogP contribution in [0.5, 0.6) is 0 Å². The molecule has 132 valence electrons. The standard InChI is InChI=1S/C17H26N2OS.2ClH/c1-2-14(12-18-7-1)13-19-8-5-17(6-9-19)15-4-11-21-16(15)3-10-20-17;;/h4,11,14,18H,1-3,5-10,12-13H2;2*1H. The summed E-state index contributed by atoms with van der Waals surface area (Å²) in [4.78, 5) is 4.25. The lowest BCUT2D eigenvalue weighted by Crippen LogP contribution is -2.48. The molecule has 6 heteroatoms. The molecule has 1 N–H and O–H groups in total. The Labute approximate surface area is 156 Å². The largest absolute Gasteiger partial charge is 0.370 e. The number of piperidine rings is 2. The highest BCUT2D eigenvalue weighted by atomic mass is 35.5. The first-order valence-corrected chi connectivity index (χ1v) is 9.38. The number of ether oxygens (including phenoxy) is 1. The Bertz CT molecular complexity index is 483. The fourth-order valence-corrected chi connectivity index (χ4v) is 5.26. The summed E-state index contributed by atoms with van der Waals surface area (Å²) in [6.07, 6.45) is 6.23. The summed E-state index contributed by atoms with van der Waals surface area (Å²) in [5.74, 6) is 0.858. The lowest BCUT2D eigenvalue weighted by atomic mass is 9.82. The molecule has 23 heavy (non-hydrogen) atoms. The van der Waals surface area contributed by atoms with E-state index in [1.54, 1.807) is 4.88 Å². The molecular formula is C17H28Cl2N2OS. The highest BCUT2D eigenvalue weighted by Crippen LogP contribution is 2.43. The number of fused-ring (bicyclic) bond motifs is 2. The third-order valence-electron chi connectivity index (χ3n) is 5.52. The van der Waals surface area contributed by atoms with Crippen LogP contribution in [0.1, 0.15) is 36.1 Å². The highest BCUT2D eigenvalue weighted by molar-refractivity contribution is 7.10. The van der Waals surface area contributed by atoms with Gasteiger partial charge in [0.15, 0.2) is 0 Å². The van der Waals surface area contributed by atoms with E-state index in [9.17, 15) is 0 Å². The smallest absolute Gasteiger partial charge is 0.0966 e. The molecule has 0 aromatic carbocycles. The second-order valence-electron chi connectivity index (χ2n) is 6.86. The first kappa shape index (κ1) is 19.5. The zero-order valence-corrected chi connectivity index (χ0v) is 16.0. The lowest BCUT2D eigenvalue weighted by molar-refractivity contribution is -0.0985. The normalized spacial score (nSPS) is 26.9. The van der Waals surface area contributed by atoms with Crippen molar-refractivity contribution in [2.75, 3.05) is 39.3 Å². The van der Waals surface area contributed by atoms with Gasteiger partial charge in [-0.1, -0.05) is 0 Å². The Kier molecular flexibility index (Phi) is 7.20. The zero-order valence-electron chi connectivity index (χ0n) is 13.6. The molecule has 1 spiro atoms. The Balaban J connectivity index is 0.000000960. The number of rotatable bonds is 2. The molecule has 4 rings (SSSR count). The van der Waals surface area contributed by atoms with Gasteiger partial charge in [-0.25, -0.2) is 0 Å². The van der Waals surface area contributed by atoms with Gasteiger partial charge in [-0.15, -0.1) is 36.2 Å². The second-order valence-corrected chi connectivity index (χ2v) is 7.86. The van der Waals surface area contributed by atoms with E-state index in [0.717, 1.165) is 18.9 Å². The van der Waals surface area contributed by atoms with Gasteiger partial charge in [0.05, 0.1) is 12.2 Å². The fraction of sp³-hybridized carbons (Fsp3) is 0.765. The minimum Gasteiger partial charge on any atom is -0.370 e. The topological polar surface area (TPSA) is 24.5 Å². The monoisotopic (exact) mass is 378 g/mol. The van der Waals surface area contributed by atoms with E-state index in [-0.39, 0.29) is 30.4 Å². The molecule has 2 saturated heterocycles. The van der Waals surface area contributed by atoms with Gasteiger partial charge >= 0.3 is 0 Å². The van der Waals surface area contributed by atoms with Crippen molar-refractivity contribution in [2.45, 2.75) is 37.7 Å². The van der Waals surface area contributed by atoms with Gasteiger partial charge in [0.1, 0.15) is 0 Å². The van der Waals surface area contributed by atoms with Crippen molar-refractivity contribution in [1.82, 2.24) is 10.2 Å². The van der Waals surface area contributed by atoms with E-state index < -0.39 is 0 Å². The van der Waals surface area contributed by atoms with Crippen molar-refractivity contribution in [3.63, 3.8) is 0 Å². The van der Waals surface area contributed by atoms with Gasteiger partial charge in [-0.05, 0) is 61.7 Å². The highest BCUT2D eigenvalue weighted by Gasteiger charge is 2.41. The van der Waals surface area contributed by atoms with Crippen LogP contribution in [0, 0.1) is 5.92 Å². The van der Waals surface area contributed by atoms with E-state index in [0.29, 0.717) is 0 Å². The molecule has 0 amide bonds. The van der Waals surface area contributed by atoms with Crippen LogP contribution in [-0.2, 0) is 16.8 Å². The molecule has 1 aromatic heterocycles. The average molecular weight is 379 g/mol. The van der Waals surface area contributed by atoms with Crippen LogP contribution >= 0.6 is 36.2 Å². The van der Waals surface area contributed by atoms with Crippen LogP contribution < -0.4 is 5.32 Å². The zero-order chi connectivity index (χ0) is 14.1. The molecule has 0 aliphatic carbocycles. The van der Waals surface area contributed by atoms with Crippen LogP contribution in [0.3, 0.4) is 0 Å². The van der Waals surface area contributed by atoms with E-state index in [4.69, 9.17) is 4.74 Å². The second kappa shape index (κ2) is 8.50. The molecule has 1 atom stereocenters. The van der Waals surface area contributed by atoms with E-state index in [1.807, 2.05) is 11.3 Å². The number of thiophene rings is 1. The summed E-state index contributed by atoms with van der Waals surface area (Å²) >= 11 is 1.92. The molecule has 3 aliphatic heterocycles. The number of hydrogen-bond donors (Lipinski definition) is 1. The van der Waals surface area contributed by atoms with Crippen molar-refractivity contribution >= 4 is 36.2 Å². The minimum absolute atomic E-state index is 0. The van der Waals surface area contributed by atoms with Gasteiger partial charge in [-0.2, -0.15) is 0 Å². The third-order valence-corrected chi connectivity index (χ3v) is 6.50.